The second-order valence-electron chi connectivity index (χ2n) is 7.91. The number of H-pyrrole nitrogens is 1. The lowest BCUT2D eigenvalue weighted by molar-refractivity contribution is -0.137. The topological polar surface area (TPSA) is 98.9 Å². The third kappa shape index (κ3) is 5.97. The highest BCUT2D eigenvalue weighted by Gasteiger charge is 2.30. The van der Waals surface area contributed by atoms with Gasteiger partial charge < -0.3 is 20.9 Å². The van der Waals surface area contributed by atoms with Crippen molar-refractivity contribution in [2.24, 2.45) is 0 Å². The number of alkyl halides is 3. The first-order valence-electron chi connectivity index (χ1n) is 10.8. The van der Waals surface area contributed by atoms with Gasteiger partial charge in [0.05, 0.1) is 16.6 Å². The van der Waals surface area contributed by atoms with E-state index in [9.17, 15) is 22.8 Å². The zero-order valence-corrected chi connectivity index (χ0v) is 18.7. The van der Waals surface area contributed by atoms with Crippen LogP contribution in [0.5, 0.6) is 0 Å². The number of hydrogen-bond donors (Lipinski definition) is 4. The molecule has 0 radical (unpaired) electrons. The zero-order chi connectivity index (χ0) is 25.0. The average Bonchev–Trinajstić information content (AvgIpc) is 3.24. The molecule has 1 heterocycles. The fourth-order valence-electron chi connectivity index (χ4n) is 3.58. The van der Waals surface area contributed by atoms with Crippen molar-refractivity contribution in [3.8, 4) is 0 Å². The number of anilines is 2. The Kier molecular flexibility index (Phi) is 6.72. The van der Waals surface area contributed by atoms with E-state index in [1.54, 1.807) is 12.1 Å². The van der Waals surface area contributed by atoms with Gasteiger partial charge in [0.25, 0.3) is 5.91 Å². The predicted octanol–water partition coefficient (Wildman–Crippen LogP) is 5.51. The molecule has 4 aromatic rings. The molecule has 7 nitrogen and oxygen atoms in total. The van der Waals surface area contributed by atoms with E-state index in [4.69, 9.17) is 0 Å². The first-order valence-corrected chi connectivity index (χ1v) is 10.8. The van der Waals surface area contributed by atoms with Crippen molar-refractivity contribution in [2.45, 2.75) is 19.5 Å². The molecule has 1 aromatic heterocycles. The quantitative estimate of drug-likeness (QED) is 0.292. The van der Waals surface area contributed by atoms with Gasteiger partial charge in [-0.05, 0) is 66.9 Å². The number of carbonyl (C=O) groups excluding carboxylic acids is 2. The van der Waals surface area contributed by atoms with Gasteiger partial charge in [0.1, 0.15) is 0 Å². The highest BCUT2D eigenvalue weighted by atomic mass is 19.4. The number of aromatic amines is 1. The van der Waals surface area contributed by atoms with Crippen LogP contribution in [-0.4, -0.2) is 28.5 Å². The second-order valence-corrected chi connectivity index (χ2v) is 7.91. The summed E-state index contributed by atoms with van der Waals surface area (Å²) >= 11 is 0. The lowest BCUT2D eigenvalue weighted by Crippen LogP contribution is -2.26. The maximum absolute atomic E-state index is 12.8. The van der Waals surface area contributed by atoms with Crippen molar-refractivity contribution in [3.63, 3.8) is 0 Å². The number of urea groups is 1. The molecule has 10 heteroatoms. The van der Waals surface area contributed by atoms with E-state index in [0.29, 0.717) is 24.2 Å². The lowest BCUT2D eigenvalue weighted by atomic mass is 10.0. The molecule has 0 fully saturated rings. The minimum absolute atomic E-state index is 0.0332. The molecule has 0 spiro atoms. The predicted molar refractivity (Wildman–Crippen MR) is 127 cm³/mol. The third-order valence-corrected chi connectivity index (χ3v) is 5.33. The fraction of sp³-hybridized carbons (Fsp3) is 0.160. The van der Waals surface area contributed by atoms with E-state index >= 15 is 0 Å². The number of aromatic nitrogens is 2. The molecule has 180 valence electrons. The van der Waals surface area contributed by atoms with Crippen LogP contribution >= 0.6 is 0 Å². The molecule has 0 saturated heterocycles. The van der Waals surface area contributed by atoms with Crippen LogP contribution in [0.3, 0.4) is 0 Å². The summed E-state index contributed by atoms with van der Waals surface area (Å²) < 4.78 is 38.5. The summed E-state index contributed by atoms with van der Waals surface area (Å²) in [6.07, 6.45) is -3.93. The van der Waals surface area contributed by atoms with Crippen molar-refractivity contribution >= 4 is 34.3 Å². The van der Waals surface area contributed by atoms with Crippen LogP contribution in [0.4, 0.5) is 29.3 Å². The van der Waals surface area contributed by atoms with Crippen molar-refractivity contribution in [2.75, 3.05) is 17.2 Å². The third-order valence-electron chi connectivity index (χ3n) is 5.33. The van der Waals surface area contributed by atoms with E-state index < -0.39 is 17.8 Å². The minimum Gasteiger partial charge on any atom is -0.349 e. The highest BCUT2D eigenvalue weighted by Crippen LogP contribution is 2.30. The van der Waals surface area contributed by atoms with Crippen LogP contribution in [0.1, 0.15) is 27.3 Å². The van der Waals surface area contributed by atoms with Gasteiger partial charge in [-0.2, -0.15) is 13.2 Å². The van der Waals surface area contributed by atoms with Crippen molar-refractivity contribution in [1.29, 1.82) is 0 Å². The summed E-state index contributed by atoms with van der Waals surface area (Å²) in [7, 11) is 0. The summed E-state index contributed by atoms with van der Waals surface area (Å²) in [4.78, 5) is 31.9. The van der Waals surface area contributed by atoms with Crippen LogP contribution in [0, 0.1) is 6.92 Å². The molecule has 4 N–H and O–H groups in total. The van der Waals surface area contributed by atoms with Crippen LogP contribution in [-0.2, 0) is 12.6 Å². The molecule has 0 aliphatic heterocycles. The summed E-state index contributed by atoms with van der Waals surface area (Å²) in [5.41, 5.74) is 3.04. The number of rotatable bonds is 6. The van der Waals surface area contributed by atoms with Gasteiger partial charge in [0, 0.05) is 17.9 Å². The van der Waals surface area contributed by atoms with Crippen LogP contribution in [0.25, 0.3) is 11.0 Å². The Morgan fingerprint density at radius 2 is 1.69 bits per heavy atom. The normalized spacial score (nSPS) is 11.3. The summed E-state index contributed by atoms with van der Waals surface area (Å²) in [5, 5.41) is 7.85. The molecule has 0 aliphatic carbocycles. The molecule has 0 aliphatic rings. The first-order chi connectivity index (χ1) is 16.7. The van der Waals surface area contributed by atoms with Crippen molar-refractivity contribution in [1.82, 2.24) is 15.3 Å². The number of benzene rings is 3. The van der Waals surface area contributed by atoms with Crippen molar-refractivity contribution in [3.05, 3.63) is 89.2 Å². The van der Waals surface area contributed by atoms with Crippen LogP contribution < -0.4 is 16.0 Å². The Morgan fingerprint density at radius 3 is 2.40 bits per heavy atom. The van der Waals surface area contributed by atoms with Crippen LogP contribution in [0.2, 0.25) is 0 Å². The van der Waals surface area contributed by atoms with Gasteiger partial charge in [0.2, 0.25) is 0 Å². The molecule has 35 heavy (non-hydrogen) atoms. The SMILES string of the molecule is Cc1cc(NC(=O)Nc2cccc(C(F)(F)F)c2)ccc1CCNC(=O)c1nc2ccccc2[nH]1. The van der Waals surface area contributed by atoms with Gasteiger partial charge in [-0.25, -0.2) is 9.78 Å². The number of halogens is 3. The van der Waals surface area contributed by atoms with Gasteiger partial charge >= 0.3 is 12.2 Å². The van der Waals surface area contributed by atoms with Crippen molar-refractivity contribution < 1.29 is 22.8 Å². The lowest BCUT2D eigenvalue weighted by Gasteiger charge is -2.12. The average molecular weight is 481 g/mol. The summed E-state index contributed by atoms with van der Waals surface area (Å²) in [6.45, 7) is 2.26. The largest absolute Gasteiger partial charge is 0.416 e. The Labute approximate surface area is 198 Å². The molecule has 0 bridgehead atoms. The number of fused-ring (bicyclic) bond motifs is 1. The highest BCUT2D eigenvalue weighted by molar-refractivity contribution is 5.99. The molecule has 0 atom stereocenters. The second kappa shape index (κ2) is 9.88. The Balaban J connectivity index is 1.30. The number of aryl methyl sites for hydroxylation is 1. The van der Waals surface area contributed by atoms with E-state index in [-0.39, 0.29) is 17.4 Å². The standard InChI is InChI=1S/C25H22F3N5O2/c1-15-13-19(31-24(35)30-18-6-4-5-17(14-18)25(26,27)28)10-9-16(15)11-12-29-23(34)22-32-20-7-2-3-8-21(20)33-22/h2-10,13-14H,11-12H2,1H3,(H,29,34)(H,32,33)(H2,30,31,35). The Morgan fingerprint density at radius 1 is 0.943 bits per heavy atom. The Hall–Kier alpha value is -4.34. The number of carbonyl (C=O) groups is 2. The first kappa shape index (κ1) is 23.8. The van der Waals surface area contributed by atoms with Crippen LogP contribution in [0.15, 0.2) is 66.7 Å². The number of imidazole rings is 1. The Bertz CT molecular complexity index is 1350. The summed E-state index contributed by atoms with van der Waals surface area (Å²) in [6, 6.07) is 16.4. The molecule has 3 amide bonds. The van der Waals surface area contributed by atoms with Gasteiger partial charge in [-0.1, -0.05) is 24.3 Å². The zero-order valence-electron chi connectivity index (χ0n) is 18.7. The minimum atomic E-state index is -4.49. The number of amides is 3. The molecule has 0 saturated carbocycles. The van der Waals surface area contributed by atoms with E-state index in [1.165, 1.54) is 12.1 Å². The van der Waals surface area contributed by atoms with Gasteiger partial charge in [-0.3, -0.25) is 4.79 Å². The molecular formula is C25H22F3N5O2. The smallest absolute Gasteiger partial charge is 0.349 e. The maximum Gasteiger partial charge on any atom is 0.416 e. The maximum atomic E-state index is 12.8. The molecular weight excluding hydrogens is 459 g/mol. The van der Waals surface area contributed by atoms with E-state index in [0.717, 1.165) is 28.8 Å². The number of hydrogen-bond acceptors (Lipinski definition) is 3. The van der Waals surface area contributed by atoms with Gasteiger partial charge in [-0.15, -0.1) is 0 Å². The number of nitrogens with zero attached hydrogens (tertiary/aromatic N) is 1. The van der Waals surface area contributed by atoms with Gasteiger partial charge in [0.15, 0.2) is 5.82 Å². The number of nitrogens with one attached hydrogen (secondary N) is 4. The van der Waals surface area contributed by atoms with E-state index in [2.05, 4.69) is 25.9 Å². The fourth-order valence-corrected chi connectivity index (χ4v) is 3.58. The monoisotopic (exact) mass is 481 g/mol. The molecule has 0 unspecified atom stereocenters. The number of para-hydroxylation sites is 2. The van der Waals surface area contributed by atoms with E-state index in [1.807, 2.05) is 37.3 Å². The molecule has 3 aromatic carbocycles. The molecule has 4 rings (SSSR count). The summed E-state index contributed by atoms with van der Waals surface area (Å²) in [5.74, 6) is -0.0577.